The van der Waals surface area contributed by atoms with Crippen molar-refractivity contribution in [2.75, 3.05) is 0 Å². The number of aryl methyl sites for hydroxylation is 2. The summed E-state index contributed by atoms with van der Waals surface area (Å²) in [5.41, 5.74) is 2.40. The molecule has 0 N–H and O–H groups in total. The summed E-state index contributed by atoms with van der Waals surface area (Å²) >= 11 is 1.81. The Morgan fingerprint density at radius 2 is 1.71 bits per heavy atom. The standard InChI is InChI=1S/C18H19NOS/c1-11(2)16-8-14-9-18(19-10-17(14)21-16)20-15-6-12(3)5-13(4)7-15/h5-11H,1-4H3. The molecule has 0 amide bonds. The fraction of sp³-hybridized carbons (Fsp3) is 0.278. The van der Waals surface area contributed by atoms with Crippen LogP contribution < -0.4 is 4.74 Å². The molecule has 21 heavy (non-hydrogen) atoms. The van der Waals surface area contributed by atoms with Gasteiger partial charge in [-0.25, -0.2) is 4.98 Å². The highest BCUT2D eigenvalue weighted by atomic mass is 32.1. The Hall–Kier alpha value is -1.87. The van der Waals surface area contributed by atoms with Gasteiger partial charge in [-0.3, -0.25) is 0 Å². The zero-order valence-electron chi connectivity index (χ0n) is 12.8. The lowest BCUT2D eigenvalue weighted by Crippen LogP contribution is -1.88. The van der Waals surface area contributed by atoms with Gasteiger partial charge in [-0.2, -0.15) is 0 Å². The summed E-state index contributed by atoms with van der Waals surface area (Å²) in [5, 5.41) is 1.21. The molecule has 0 aliphatic heterocycles. The molecule has 3 heteroatoms. The molecule has 0 saturated carbocycles. The Bertz CT molecular complexity index is 769. The maximum Gasteiger partial charge on any atom is 0.219 e. The van der Waals surface area contributed by atoms with E-state index in [0.717, 1.165) is 5.75 Å². The summed E-state index contributed by atoms with van der Waals surface area (Å²) in [6.45, 7) is 8.57. The van der Waals surface area contributed by atoms with Crippen molar-refractivity contribution < 1.29 is 4.74 Å². The molecule has 0 spiro atoms. The number of ether oxygens (including phenoxy) is 1. The first-order valence-electron chi connectivity index (χ1n) is 7.17. The number of hydrogen-bond acceptors (Lipinski definition) is 3. The van der Waals surface area contributed by atoms with Crippen LogP contribution in [0.2, 0.25) is 0 Å². The minimum atomic E-state index is 0.547. The zero-order valence-corrected chi connectivity index (χ0v) is 13.6. The highest BCUT2D eigenvalue weighted by molar-refractivity contribution is 7.19. The van der Waals surface area contributed by atoms with E-state index in [4.69, 9.17) is 4.74 Å². The van der Waals surface area contributed by atoms with Gasteiger partial charge in [0.15, 0.2) is 0 Å². The highest BCUT2D eigenvalue weighted by Gasteiger charge is 2.08. The van der Waals surface area contributed by atoms with Crippen LogP contribution in [0.25, 0.3) is 10.1 Å². The molecule has 0 fully saturated rings. The van der Waals surface area contributed by atoms with Crippen molar-refractivity contribution in [2.24, 2.45) is 0 Å². The van der Waals surface area contributed by atoms with Gasteiger partial charge >= 0.3 is 0 Å². The summed E-state index contributed by atoms with van der Waals surface area (Å²) < 4.78 is 7.13. The van der Waals surface area contributed by atoms with Crippen molar-refractivity contribution in [1.29, 1.82) is 0 Å². The average Bonchev–Trinajstić information content (AvgIpc) is 2.80. The van der Waals surface area contributed by atoms with Crippen molar-refractivity contribution in [3.8, 4) is 11.6 Å². The number of pyridine rings is 1. The molecule has 1 aromatic carbocycles. The van der Waals surface area contributed by atoms with Gasteiger partial charge in [0.05, 0.1) is 4.70 Å². The molecule has 3 aromatic rings. The van der Waals surface area contributed by atoms with Crippen LogP contribution in [0.4, 0.5) is 0 Å². The van der Waals surface area contributed by atoms with Crippen LogP contribution in [0.15, 0.2) is 36.5 Å². The monoisotopic (exact) mass is 297 g/mol. The molecule has 108 valence electrons. The van der Waals surface area contributed by atoms with Crippen LogP contribution in [0, 0.1) is 13.8 Å². The minimum absolute atomic E-state index is 0.547. The molecule has 0 radical (unpaired) electrons. The fourth-order valence-electron chi connectivity index (χ4n) is 2.40. The maximum atomic E-state index is 5.91. The van der Waals surface area contributed by atoms with E-state index in [-0.39, 0.29) is 0 Å². The second-order valence-corrected chi connectivity index (χ2v) is 6.90. The predicted octanol–water partition coefficient (Wildman–Crippen LogP) is 5.83. The van der Waals surface area contributed by atoms with Gasteiger partial charge in [0.2, 0.25) is 5.88 Å². The molecule has 2 heterocycles. The quantitative estimate of drug-likeness (QED) is 0.607. The van der Waals surface area contributed by atoms with E-state index in [1.54, 1.807) is 0 Å². The van der Waals surface area contributed by atoms with E-state index in [2.05, 4.69) is 44.8 Å². The first kappa shape index (κ1) is 14.1. The van der Waals surface area contributed by atoms with Gasteiger partial charge in [-0.15, -0.1) is 11.3 Å². The lowest BCUT2D eigenvalue weighted by Gasteiger charge is -2.06. The van der Waals surface area contributed by atoms with Gasteiger partial charge < -0.3 is 4.74 Å². The molecule has 0 aliphatic rings. The summed E-state index contributed by atoms with van der Waals surface area (Å²) in [6.07, 6.45) is 1.91. The molecule has 0 atom stereocenters. The van der Waals surface area contributed by atoms with Crippen molar-refractivity contribution in [3.63, 3.8) is 0 Å². The third-order valence-corrected chi connectivity index (χ3v) is 4.77. The van der Waals surface area contributed by atoms with Gasteiger partial charge in [0.1, 0.15) is 5.75 Å². The summed E-state index contributed by atoms with van der Waals surface area (Å²) in [6, 6.07) is 10.5. The van der Waals surface area contributed by atoms with Crippen molar-refractivity contribution in [1.82, 2.24) is 4.98 Å². The van der Waals surface area contributed by atoms with Crippen molar-refractivity contribution >= 4 is 21.4 Å². The molecule has 0 aliphatic carbocycles. The van der Waals surface area contributed by atoms with Gasteiger partial charge in [-0.05, 0) is 54.5 Å². The summed E-state index contributed by atoms with van der Waals surface area (Å²) in [5.74, 6) is 2.05. The molecule has 0 saturated heterocycles. The van der Waals surface area contributed by atoms with E-state index in [9.17, 15) is 0 Å². The van der Waals surface area contributed by atoms with E-state index in [0.29, 0.717) is 11.8 Å². The van der Waals surface area contributed by atoms with Crippen LogP contribution in [0.1, 0.15) is 35.8 Å². The largest absolute Gasteiger partial charge is 0.439 e. The highest BCUT2D eigenvalue weighted by Crippen LogP contribution is 2.32. The van der Waals surface area contributed by atoms with Crippen LogP contribution in [-0.4, -0.2) is 4.98 Å². The summed E-state index contributed by atoms with van der Waals surface area (Å²) in [4.78, 5) is 5.81. The zero-order chi connectivity index (χ0) is 15.0. The molecule has 2 nitrogen and oxygen atoms in total. The predicted molar refractivity (Wildman–Crippen MR) is 89.7 cm³/mol. The van der Waals surface area contributed by atoms with Crippen molar-refractivity contribution in [3.05, 3.63) is 52.5 Å². The number of aromatic nitrogens is 1. The number of hydrogen-bond donors (Lipinski definition) is 0. The Morgan fingerprint density at radius 3 is 2.38 bits per heavy atom. The van der Waals surface area contributed by atoms with Crippen LogP contribution >= 0.6 is 11.3 Å². The number of nitrogens with zero attached hydrogens (tertiary/aromatic N) is 1. The van der Waals surface area contributed by atoms with Crippen LogP contribution in [0.5, 0.6) is 11.6 Å². The second kappa shape index (κ2) is 5.49. The Kier molecular flexibility index (Phi) is 3.68. The number of rotatable bonds is 3. The molecule has 3 rings (SSSR count). The molecule has 0 bridgehead atoms. The van der Waals surface area contributed by atoms with Crippen LogP contribution in [0.3, 0.4) is 0 Å². The molecular formula is C18H19NOS. The second-order valence-electron chi connectivity index (χ2n) is 5.79. The smallest absolute Gasteiger partial charge is 0.219 e. The normalized spacial score (nSPS) is 11.3. The third-order valence-electron chi connectivity index (χ3n) is 3.38. The minimum Gasteiger partial charge on any atom is -0.439 e. The van der Waals surface area contributed by atoms with E-state index in [1.165, 1.54) is 26.1 Å². The SMILES string of the molecule is Cc1cc(C)cc(Oc2cc3cc(C(C)C)sc3cn2)c1. The van der Waals surface area contributed by atoms with E-state index >= 15 is 0 Å². The summed E-state index contributed by atoms with van der Waals surface area (Å²) in [7, 11) is 0. The van der Waals surface area contributed by atoms with Gasteiger partial charge in [-0.1, -0.05) is 19.9 Å². The number of fused-ring (bicyclic) bond motifs is 1. The topological polar surface area (TPSA) is 22.1 Å². The van der Waals surface area contributed by atoms with Crippen molar-refractivity contribution in [2.45, 2.75) is 33.6 Å². The third kappa shape index (κ3) is 3.08. The van der Waals surface area contributed by atoms with Gasteiger partial charge in [0.25, 0.3) is 0 Å². The molecule has 0 unspecified atom stereocenters. The molecular weight excluding hydrogens is 278 g/mol. The maximum absolute atomic E-state index is 5.91. The number of thiophene rings is 1. The molecule has 2 aromatic heterocycles. The number of benzene rings is 1. The fourth-order valence-corrected chi connectivity index (χ4v) is 3.42. The first-order valence-corrected chi connectivity index (χ1v) is 7.98. The average molecular weight is 297 g/mol. The lowest BCUT2D eigenvalue weighted by atomic mass is 10.1. The Labute approximate surface area is 129 Å². The van der Waals surface area contributed by atoms with E-state index < -0.39 is 0 Å². The Morgan fingerprint density at radius 1 is 1.00 bits per heavy atom. The van der Waals surface area contributed by atoms with Crippen LogP contribution in [-0.2, 0) is 0 Å². The van der Waals surface area contributed by atoms with Gasteiger partial charge in [0, 0.05) is 17.1 Å². The lowest BCUT2D eigenvalue weighted by molar-refractivity contribution is 0.463. The first-order chi connectivity index (χ1) is 10.0. The van der Waals surface area contributed by atoms with E-state index in [1.807, 2.05) is 35.7 Å². The Balaban J connectivity index is 1.93.